The number of allylic oxidation sites excluding steroid dienone is 4. The van der Waals surface area contributed by atoms with Gasteiger partial charge in [0, 0.05) is 81.9 Å². The van der Waals surface area contributed by atoms with Crippen molar-refractivity contribution in [3.63, 3.8) is 0 Å². The molecule has 6 aliphatic carbocycles. The van der Waals surface area contributed by atoms with Crippen molar-refractivity contribution < 1.29 is 63.9 Å². The van der Waals surface area contributed by atoms with Crippen LogP contribution in [-0.2, 0) is 48.8 Å². The molecule has 2 saturated heterocycles. The molecular formula is C93H116F2N14O12S4. The van der Waals surface area contributed by atoms with Crippen LogP contribution in [0.25, 0.3) is 43.2 Å². The summed E-state index contributed by atoms with van der Waals surface area (Å²) in [5.74, 6) is -5.15. The number of primary amides is 2. The van der Waals surface area contributed by atoms with Crippen molar-refractivity contribution >= 4 is 112 Å². The van der Waals surface area contributed by atoms with Gasteiger partial charge in [-0.1, -0.05) is 86.9 Å². The molecule has 8 aromatic rings. The van der Waals surface area contributed by atoms with E-state index in [4.69, 9.17) is 40.9 Å². The lowest BCUT2D eigenvalue weighted by atomic mass is 9.87. The molecule has 8 N–H and O–H groups in total. The van der Waals surface area contributed by atoms with Gasteiger partial charge in [-0.25, -0.2) is 35.6 Å². The maximum atomic E-state index is 15.8. The standard InChI is InChI=1S/C93H116F2N14O12S4/c1-53(2)108-76-33-19-30-67(86-100-74(51-122-86)57-21-12-13-22-57)79(76)102-90(108)120-64-46-77(82(96)110)107(49-64)89(115)73(98-62-36-34-60(94)35-37-62)32-17-26-56(25-16-27-59-44-70(59)84(112)104-124(116,117)92(6)40-41-92)66-38-39-68(87-101-75(52-123-87)58-23-14-15-24-58)80-81(66)109(54(3)4)91(103-80)121-65-47-78(83(97)111)106(50-65)88(114)72(99-63-29-18-28-61(95)45-63)31-11-9-8-10-20-55(5)69-48-71(69)85(113)105-125(118,119)93(7)42-43-93/h16,18-20,27-30,33-39,45,51-54,56-59,64-65,69-73,77-78,98-99H,8-15,17,21-26,31-32,40-44,46-50H2,1-7H3,(H2,96,110)(H2,97,111)(H,104,112)(H,105,113). The first kappa shape index (κ1) is 88.8. The second kappa shape index (κ2) is 36.6. The number of likely N-dealkylation sites (tertiary alicyclic amines) is 2. The molecule has 8 aliphatic rings. The van der Waals surface area contributed by atoms with Crippen molar-refractivity contribution in [2.45, 2.75) is 285 Å². The largest absolute Gasteiger partial charge is 0.459 e. The predicted molar refractivity (Wildman–Crippen MR) is 480 cm³/mol. The highest BCUT2D eigenvalue weighted by molar-refractivity contribution is 7.92. The zero-order valence-corrected chi connectivity index (χ0v) is 75.4. The minimum atomic E-state index is -3.89. The number of hydrogen-bond acceptors (Lipinski definition) is 20. The van der Waals surface area contributed by atoms with E-state index in [2.05, 4.69) is 43.0 Å². The van der Waals surface area contributed by atoms with Crippen LogP contribution in [0.4, 0.5) is 20.2 Å². The first-order valence-corrected chi connectivity index (χ1v) is 49.5. The van der Waals surface area contributed by atoms with Crippen LogP contribution in [0.5, 0.6) is 12.0 Å². The van der Waals surface area contributed by atoms with Gasteiger partial charge in [-0.2, -0.15) is 9.97 Å². The number of fused-ring (bicyclic) bond motifs is 2. The van der Waals surface area contributed by atoms with Crippen LogP contribution in [0, 0.1) is 35.3 Å². The first-order valence-electron chi connectivity index (χ1n) is 44.8. The molecule has 6 amide bonds. The lowest BCUT2D eigenvalue weighted by Crippen LogP contribution is -2.49. The number of para-hydroxylation sites is 1. The highest BCUT2D eigenvalue weighted by Crippen LogP contribution is 2.50. The van der Waals surface area contributed by atoms with Crippen molar-refractivity contribution in [1.29, 1.82) is 0 Å². The quantitative estimate of drug-likeness (QED) is 0.0154. The smallest absolute Gasteiger partial charge is 0.297 e. The summed E-state index contributed by atoms with van der Waals surface area (Å²) in [6.45, 7) is 13.3. The highest BCUT2D eigenvalue weighted by atomic mass is 32.2. The van der Waals surface area contributed by atoms with E-state index in [0.29, 0.717) is 118 Å². The Morgan fingerprint density at radius 1 is 0.584 bits per heavy atom. The number of nitrogens with two attached hydrogens (primary N) is 2. The fourth-order valence-electron chi connectivity index (χ4n) is 19.1. The van der Waals surface area contributed by atoms with E-state index in [1.54, 1.807) is 49.4 Å². The summed E-state index contributed by atoms with van der Waals surface area (Å²) < 4.78 is 103. The number of sulfonamides is 2. The molecular weight excluding hydrogens is 1670 g/mol. The summed E-state index contributed by atoms with van der Waals surface area (Å²) in [5, 5.41) is 12.6. The minimum absolute atomic E-state index is 0.00636. The number of carbonyl (C=O) groups is 6. The van der Waals surface area contributed by atoms with Gasteiger partial charge in [-0.15, -0.1) is 22.7 Å². The molecule has 26 nitrogen and oxygen atoms in total. The zero-order valence-electron chi connectivity index (χ0n) is 72.2. The van der Waals surface area contributed by atoms with Crippen LogP contribution in [0.1, 0.15) is 256 Å². The zero-order chi connectivity index (χ0) is 88.1. The average Bonchev–Trinajstić information content (AvgIpc) is 1.60. The molecule has 125 heavy (non-hydrogen) atoms. The third-order valence-corrected chi connectivity index (χ3v) is 33.5. The molecule has 8 fully saturated rings. The molecule has 6 saturated carbocycles. The Labute approximate surface area is 737 Å². The van der Waals surface area contributed by atoms with Gasteiger partial charge in [0.2, 0.25) is 55.5 Å². The van der Waals surface area contributed by atoms with Crippen molar-refractivity contribution in [3.8, 4) is 33.2 Å². The summed E-state index contributed by atoms with van der Waals surface area (Å²) in [5.41, 5.74) is 21.9. The van der Waals surface area contributed by atoms with Crippen molar-refractivity contribution in [3.05, 3.63) is 142 Å². The van der Waals surface area contributed by atoms with E-state index in [9.17, 15) is 44.8 Å². The number of anilines is 2. The summed E-state index contributed by atoms with van der Waals surface area (Å²) >= 11 is 3.14. The lowest BCUT2D eigenvalue weighted by Gasteiger charge is -2.29. The molecule has 0 spiro atoms. The SMILES string of the molecule is CC(=CCCCCCC(Nc1cccc(F)c1)C(=O)N1CC(Oc2nc3c(-c4nc(C5CCCC5)cs4)ccc(C(CC=CC4CC4C(=O)NS(=O)(=O)C4(C)CC4)CCCC(Nc4ccc(F)cc4)C(=O)N4CC(Oc5nc6c(-c7nc(C8CCCC8)cs7)cccc6n5C(C)C)CC4C(N)=O)c3n2C(C)C)CC1C(N)=O)C1CC1C(=O)NS(=O)(=O)C1(C)CC1. The molecule has 2 aliphatic heterocycles. The number of thiazole rings is 2. The normalized spacial score (nSPS) is 23.1. The Bertz CT molecular complexity index is 5690. The maximum absolute atomic E-state index is 15.8. The number of nitrogens with one attached hydrogen (secondary N) is 4. The van der Waals surface area contributed by atoms with Gasteiger partial charge >= 0.3 is 0 Å². The summed E-state index contributed by atoms with van der Waals surface area (Å²) in [6, 6.07) is 17.8. The summed E-state index contributed by atoms with van der Waals surface area (Å²) in [7, 11) is -7.63. The summed E-state index contributed by atoms with van der Waals surface area (Å²) in [4.78, 5) is 110. The Hall–Kier alpha value is -9.66. The van der Waals surface area contributed by atoms with Crippen LogP contribution < -0.4 is 41.0 Å². The van der Waals surface area contributed by atoms with Gasteiger partial charge in [0.1, 0.15) is 69.1 Å². The van der Waals surface area contributed by atoms with Gasteiger partial charge in [0.05, 0.1) is 45.0 Å². The van der Waals surface area contributed by atoms with E-state index in [-0.39, 0.29) is 68.2 Å². The second-order valence-corrected chi connectivity index (χ2v) is 43.4. The average molecular weight is 1790 g/mol. The summed E-state index contributed by atoms with van der Waals surface area (Å²) in [6.07, 6.45) is 21.0. The fraction of sp³-hybridized carbons (Fsp3) is 0.548. The van der Waals surface area contributed by atoms with Gasteiger partial charge in [0.25, 0.3) is 12.0 Å². The van der Waals surface area contributed by atoms with E-state index in [1.807, 2.05) is 80.2 Å². The molecule has 32 heteroatoms. The van der Waals surface area contributed by atoms with Crippen molar-refractivity contribution in [1.82, 2.24) is 48.3 Å². The van der Waals surface area contributed by atoms with Gasteiger partial charge in [-0.3, -0.25) is 47.3 Å². The molecule has 11 atom stereocenters. The van der Waals surface area contributed by atoms with Crippen LogP contribution in [0.3, 0.4) is 0 Å². The van der Waals surface area contributed by atoms with Gasteiger partial charge in [-0.05, 0) is 235 Å². The van der Waals surface area contributed by atoms with E-state index < -0.39 is 125 Å². The predicted octanol–water partition coefficient (Wildman–Crippen LogP) is 16.1. The number of benzene rings is 4. The number of nitrogens with zero attached hydrogens (tertiary/aromatic N) is 8. The monoisotopic (exact) mass is 1790 g/mol. The molecule has 4 aromatic carbocycles. The number of rotatable bonds is 39. The second-order valence-electron chi connectivity index (χ2n) is 37.3. The number of ether oxygens (including phenoxy) is 2. The Kier molecular flexibility index (Phi) is 26.0. The third kappa shape index (κ3) is 19.5. The number of aromatic nitrogens is 6. The molecule has 16 rings (SSSR count). The van der Waals surface area contributed by atoms with Crippen molar-refractivity contribution in [2.75, 3.05) is 23.7 Å². The number of unbranched alkanes of at least 4 members (excludes halogenated alkanes) is 3. The van der Waals surface area contributed by atoms with Gasteiger partial charge in [0.15, 0.2) is 0 Å². The maximum Gasteiger partial charge on any atom is 0.297 e. The van der Waals surface area contributed by atoms with Gasteiger partial charge < -0.3 is 41.4 Å². The molecule has 6 heterocycles. The first-order chi connectivity index (χ1) is 59.8. The number of carbonyl (C=O) groups excluding carboxylic acids is 6. The Morgan fingerprint density at radius 3 is 1.68 bits per heavy atom. The highest BCUT2D eigenvalue weighted by Gasteiger charge is 2.55. The third-order valence-electron chi connectivity index (χ3n) is 27.4. The van der Waals surface area contributed by atoms with Crippen LogP contribution >= 0.6 is 22.7 Å². The fourth-order valence-corrected chi connectivity index (χ4v) is 23.6. The van der Waals surface area contributed by atoms with Crippen LogP contribution in [-0.4, -0.2) is 150 Å². The van der Waals surface area contributed by atoms with E-state index >= 15 is 9.59 Å². The van der Waals surface area contributed by atoms with Crippen LogP contribution in [0.2, 0.25) is 0 Å². The molecule has 0 bridgehead atoms. The number of amides is 6. The van der Waals surface area contributed by atoms with Crippen molar-refractivity contribution in [2.24, 2.45) is 35.1 Å². The number of halogens is 2. The lowest BCUT2D eigenvalue weighted by molar-refractivity contribution is -0.138. The number of hydrogen-bond donors (Lipinski definition) is 6. The minimum Gasteiger partial charge on any atom is -0.459 e. The topological polar surface area (TPSA) is 357 Å². The molecule has 11 unspecified atom stereocenters. The number of imidazole rings is 2. The Balaban J connectivity index is 0.683. The molecule has 668 valence electrons. The van der Waals surface area contributed by atoms with Crippen LogP contribution in [0.15, 0.2) is 113 Å². The van der Waals surface area contributed by atoms with E-state index in [0.717, 1.165) is 105 Å². The molecule has 0 radical (unpaired) electrons. The van der Waals surface area contributed by atoms with E-state index in [1.165, 1.54) is 58.2 Å². The molecule has 4 aromatic heterocycles. The Morgan fingerprint density at radius 2 is 1.12 bits per heavy atom.